The van der Waals surface area contributed by atoms with E-state index in [1.807, 2.05) is 0 Å². The largest absolute Gasteiger partial charge is 0.497 e. The highest BCUT2D eigenvalue weighted by atomic mass is 31.2. The molecule has 0 aliphatic rings. The normalized spacial score (nSPS) is 14.1. The third-order valence-electron chi connectivity index (χ3n) is 2.09. The molecule has 0 aliphatic heterocycles. The molecule has 0 radical (unpaired) electrons. The molecule has 4 nitrogen and oxygen atoms in total. The smallest absolute Gasteiger partial charge is 0.410 e. The monoisotopic (exact) mass is 268 g/mol. The van der Waals surface area contributed by atoms with Gasteiger partial charge < -0.3 is 9.26 Å². The summed E-state index contributed by atoms with van der Waals surface area (Å²) in [6.45, 7) is 5.45. The summed E-state index contributed by atoms with van der Waals surface area (Å²) in [7, 11) is -1.78. The van der Waals surface area contributed by atoms with Crippen LogP contribution in [0.15, 0.2) is 49.3 Å². The van der Waals surface area contributed by atoms with Crippen molar-refractivity contribution in [3.05, 3.63) is 49.3 Å². The van der Waals surface area contributed by atoms with E-state index in [2.05, 4.69) is 6.58 Å². The molecule has 1 unspecified atom stereocenters. The van der Waals surface area contributed by atoms with Crippen molar-refractivity contribution in [1.82, 2.24) is 0 Å². The average Bonchev–Trinajstić information content (AvgIpc) is 2.43. The molecule has 0 heterocycles. The molecule has 18 heavy (non-hydrogen) atoms. The van der Waals surface area contributed by atoms with E-state index in [1.165, 1.54) is 12.3 Å². The van der Waals surface area contributed by atoms with Gasteiger partial charge in [0.15, 0.2) is 0 Å². The average molecular weight is 268 g/mol. The minimum atomic E-state index is -3.35. The highest BCUT2D eigenvalue weighted by Crippen LogP contribution is 2.47. The van der Waals surface area contributed by atoms with Gasteiger partial charge in [0.25, 0.3) is 0 Å². The molecule has 0 amide bonds. The van der Waals surface area contributed by atoms with E-state index in [1.54, 1.807) is 44.4 Å². The first-order chi connectivity index (χ1) is 8.66. The van der Waals surface area contributed by atoms with Gasteiger partial charge >= 0.3 is 7.60 Å². The van der Waals surface area contributed by atoms with Gasteiger partial charge in [0.2, 0.25) is 0 Å². The van der Waals surface area contributed by atoms with E-state index in [0.29, 0.717) is 11.1 Å². The molecule has 1 aromatic rings. The van der Waals surface area contributed by atoms with Crippen molar-refractivity contribution in [2.45, 2.75) is 6.92 Å². The van der Waals surface area contributed by atoms with Gasteiger partial charge in [-0.25, -0.2) is 4.57 Å². The lowest BCUT2D eigenvalue weighted by atomic mass is 10.3. The summed E-state index contributed by atoms with van der Waals surface area (Å²) < 4.78 is 28.1. The molecule has 0 N–H and O–H groups in total. The van der Waals surface area contributed by atoms with Crippen molar-refractivity contribution in [2.75, 3.05) is 13.7 Å². The van der Waals surface area contributed by atoms with Gasteiger partial charge in [0.1, 0.15) is 5.75 Å². The number of benzene rings is 1. The fourth-order valence-electron chi connectivity index (χ4n) is 1.22. The highest BCUT2D eigenvalue weighted by Gasteiger charge is 2.27. The Labute approximate surface area is 107 Å². The number of rotatable bonds is 7. The van der Waals surface area contributed by atoms with Crippen LogP contribution < -0.4 is 10.0 Å². The summed E-state index contributed by atoms with van der Waals surface area (Å²) in [6, 6.07) is 6.73. The molecule has 1 aromatic carbocycles. The third kappa shape index (κ3) is 3.76. The standard InChI is InChI=1S/C13H17O4P/c1-4-10-16-18(14,17-11-5-2)13-8-6-12(15-3)7-9-13/h4-9,11H,1,10H2,2-3H3. The second kappa shape index (κ2) is 7.04. The number of allylic oxidation sites excluding steroid dienone is 1. The van der Waals surface area contributed by atoms with Crippen molar-refractivity contribution in [2.24, 2.45) is 0 Å². The van der Waals surface area contributed by atoms with Gasteiger partial charge in [-0.15, -0.1) is 6.58 Å². The van der Waals surface area contributed by atoms with Gasteiger partial charge in [-0.2, -0.15) is 0 Å². The summed E-state index contributed by atoms with van der Waals surface area (Å²) in [5.74, 6) is 0.681. The Bertz CT molecular complexity index is 451. The molecule has 5 heteroatoms. The van der Waals surface area contributed by atoms with Crippen molar-refractivity contribution in [1.29, 1.82) is 0 Å². The minimum absolute atomic E-state index is 0.154. The number of hydrogen-bond donors (Lipinski definition) is 0. The zero-order valence-corrected chi connectivity index (χ0v) is 11.4. The van der Waals surface area contributed by atoms with E-state index < -0.39 is 7.60 Å². The minimum Gasteiger partial charge on any atom is -0.497 e. The van der Waals surface area contributed by atoms with Gasteiger partial charge in [0.05, 0.1) is 25.3 Å². The van der Waals surface area contributed by atoms with Gasteiger partial charge in [0, 0.05) is 0 Å². The fraction of sp³-hybridized carbons (Fsp3) is 0.231. The molecule has 98 valence electrons. The van der Waals surface area contributed by atoms with Crippen LogP contribution in [-0.2, 0) is 13.6 Å². The van der Waals surface area contributed by atoms with Crippen LogP contribution in [0.3, 0.4) is 0 Å². The molecule has 0 saturated heterocycles. The summed E-state index contributed by atoms with van der Waals surface area (Å²) in [5, 5.41) is 0.475. The van der Waals surface area contributed by atoms with Crippen LogP contribution in [0.25, 0.3) is 0 Å². The van der Waals surface area contributed by atoms with Gasteiger partial charge in [-0.1, -0.05) is 12.2 Å². The Hall–Kier alpha value is -1.51. The second-order valence-corrected chi connectivity index (χ2v) is 5.34. The van der Waals surface area contributed by atoms with Crippen LogP contribution in [0.4, 0.5) is 0 Å². The third-order valence-corrected chi connectivity index (χ3v) is 3.91. The zero-order chi connectivity index (χ0) is 13.4. The zero-order valence-electron chi connectivity index (χ0n) is 10.5. The van der Waals surface area contributed by atoms with Crippen LogP contribution in [-0.4, -0.2) is 13.7 Å². The maximum atomic E-state index is 12.5. The van der Waals surface area contributed by atoms with Crippen LogP contribution >= 0.6 is 7.60 Å². The van der Waals surface area contributed by atoms with Crippen molar-refractivity contribution in [3.63, 3.8) is 0 Å². The molecule has 0 fully saturated rings. The lowest BCUT2D eigenvalue weighted by molar-refractivity contribution is 0.285. The van der Waals surface area contributed by atoms with Crippen LogP contribution in [0, 0.1) is 0 Å². The Morgan fingerprint density at radius 3 is 2.50 bits per heavy atom. The topological polar surface area (TPSA) is 44.8 Å². The van der Waals surface area contributed by atoms with E-state index in [0.717, 1.165) is 0 Å². The fourth-order valence-corrected chi connectivity index (χ4v) is 2.65. The first-order valence-corrected chi connectivity index (χ1v) is 7.00. The summed E-state index contributed by atoms with van der Waals surface area (Å²) in [6.07, 6.45) is 4.52. The van der Waals surface area contributed by atoms with E-state index >= 15 is 0 Å². The first kappa shape index (κ1) is 14.6. The Balaban J connectivity index is 2.99. The summed E-state index contributed by atoms with van der Waals surface area (Å²) in [4.78, 5) is 0. The maximum Gasteiger partial charge on any atom is 0.410 e. The molecular weight excluding hydrogens is 251 g/mol. The predicted molar refractivity (Wildman–Crippen MR) is 72.3 cm³/mol. The number of methoxy groups -OCH3 is 1. The molecule has 0 spiro atoms. The number of hydrogen-bond acceptors (Lipinski definition) is 4. The van der Waals surface area contributed by atoms with E-state index in [9.17, 15) is 4.57 Å². The van der Waals surface area contributed by atoms with Gasteiger partial charge in [-0.3, -0.25) is 4.52 Å². The maximum absolute atomic E-state index is 12.5. The van der Waals surface area contributed by atoms with Crippen LogP contribution in [0.1, 0.15) is 6.92 Å². The predicted octanol–water partition coefficient (Wildman–Crippen LogP) is 3.27. The van der Waals surface area contributed by atoms with Gasteiger partial charge in [-0.05, 0) is 31.2 Å². The van der Waals surface area contributed by atoms with E-state index in [4.69, 9.17) is 13.8 Å². The van der Waals surface area contributed by atoms with Crippen molar-refractivity contribution < 1.29 is 18.3 Å². The van der Waals surface area contributed by atoms with E-state index in [-0.39, 0.29) is 6.61 Å². The number of ether oxygens (including phenoxy) is 1. The summed E-state index contributed by atoms with van der Waals surface area (Å²) in [5.41, 5.74) is 0. The first-order valence-electron chi connectivity index (χ1n) is 5.46. The Morgan fingerprint density at radius 2 is 2.00 bits per heavy atom. The molecule has 1 rings (SSSR count). The molecule has 0 aromatic heterocycles. The Morgan fingerprint density at radius 1 is 1.33 bits per heavy atom. The SMILES string of the molecule is C=CCOP(=O)(OC=CC)c1ccc(OC)cc1. The molecule has 1 atom stereocenters. The Kier molecular flexibility index (Phi) is 5.69. The van der Waals surface area contributed by atoms with Crippen molar-refractivity contribution in [3.8, 4) is 5.75 Å². The molecule has 0 bridgehead atoms. The summed E-state index contributed by atoms with van der Waals surface area (Å²) >= 11 is 0. The van der Waals surface area contributed by atoms with Crippen molar-refractivity contribution >= 4 is 12.9 Å². The second-order valence-electron chi connectivity index (χ2n) is 3.35. The molecule has 0 saturated carbocycles. The quantitative estimate of drug-likeness (QED) is 0.432. The lowest BCUT2D eigenvalue weighted by Gasteiger charge is -2.16. The lowest BCUT2D eigenvalue weighted by Crippen LogP contribution is -2.08. The van der Waals surface area contributed by atoms with Crippen LogP contribution in [0.5, 0.6) is 5.75 Å². The molecular formula is C13H17O4P. The van der Waals surface area contributed by atoms with Crippen LogP contribution in [0.2, 0.25) is 0 Å². The molecule has 0 aliphatic carbocycles. The highest BCUT2D eigenvalue weighted by molar-refractivity contribution is 7.62.